The predicted molar refractivity (Wildman–Crippen MR) is 123 cm³/mol. The van der Waals surface area contributed by atoms with Crippen molar-refractivity contribution in [3.63, 3.8) is 0 Å². The molecule has 2 nitrogen and oxygen atoms in total. The molecular formula is C28H22N2. The summed E-state index contributed by atoms with van der Waals surface area (Å²) in [5.41, 5.74) is 18.6. The van der Waals surface area contributed by atoms with Crippen LogP contribution in [0.5, 0.6) is 0 Å². The van der Waals surface area contributed by atoms with Crippen LogP contribution in [0.15, 0.2) is 70.8 Å². The molecule has 0 fully saturated rings. The van der Waals surface area contributed by atoms with Gasteiger partial charge in [-0.3, -0.25) is 0 Å². The first kappa shape index (κ1) is 15.6. The van der Waals surface area contributed by atoms with Crippen molar-refractivity contribution in [3.05, 3.63) is 93.3 Å². The minimum absolute atomic E-state index is 1.13. The molecule has 2 aromatic carbocycles. The molecule has 144 valence electrons. The van der Waals surface area contributed by atoms with E-state index in [0.29, 0.717) is 0 Å². The van der Waals surface area contributed by atoms with Crippen molar-refractivity contribution in [2.24, 2.45) is 14.1 Å². The van der Waals surface area contributed by atoms with Gasteiger partial charge in [0, 0.05) is 47.0 Å². The van der Waals surface area contributed by atoms with Crippen molar-refractivity contribution >= 4 is 33.0 Å². The summed E-state index contributed by atoms with van der Waals surface area (Å²) >= 11 is 0. The first-order valence-corrected chi connectivity index (χ1v) is 11.0. The number of nitrogens with zero attached hydrogens (tertiary/aromatic N) is 2. The van der Waals surface area contributed by atoms with Crippen LogP contribution in [0.2, 0.25) is 0 Å². The molecular weight excluding hydrogens is 364 g/mol. The summed E-state index contributed by atoms with van der Waals surface area (Å²) in [6.45, 7) is 0. The van der Waals surface area contributed by atoms with Gasteiger partial charge in [-0.1, -0.05) is 47.5 Å². The second-order valence-corrected chi connectivity index (χ2v) is 9.43. The molecule has 0 bridgehead atoms. The summed E-state index contributed by atoms with van der Waals surface area (Å²) in [4.78, 5) is 0. The maximum atomic E-state index is 2.45. The molecule has 0 saturated heterocycles. The van der Waals surface area contributed by atoms with Crippen LogP contribution < -0.4 is 0 Å². The van der Waals surface area contributed by atoms with Crippen molar-refractivity contribution in [2.45, 2.75) is 25.7 Å². The van der Waals surface area contributed by atoms with Crippen molar-refractivity contribution < 1.29 is 0 Å². The van der Waals surface area contributed by atoms with Crippen molar-refractivity contribution in [2.75, 3.05) is 0 Å². The number of aromatic nitrogens is 2. The lowest BCUT2D eigenvalue weighted by Crippen LogP contribution is -1.98. The molecule has 30 heavy (non-hydrogen) atoms. The third kappa shape index (κ3) is 1.55. The van der Waals surface area contributed by atoms with Crippen LogP contribution in [0.25, 0.3) is 33.0 Å². The lowest BCUT2D eigenvalue weighted by molar-refractivity contribution is 0.936. The number of aryl methyl sites for hydroxylation is 2. The Morgan fingerprint density at radius 1 is 0.567 bits per heavy atom. The minimum atomic E-state index is 1.13. The largest absolute Gasteiger partial charge is 0.343 e. The maximum absolute atomic E-state index is 2.45. The highest BCUT2D eigenvalue weighted by Gasteiger charge is 2.43. The Kier molecular flexibility index (Phi) is 2.54. The number of hydrogen-bond acceptors (Lipinski definition) is 0. The topological polar surface area (TPSA) is 9.86 Å². The van der Waals surface area contributed by atoms with Gasteiger partial charge < -0.3 is 9.13 Å². The van der Waals surface area contributed by atoms with E-state index in [1.54, 1.807) is 44.6 Å². The number of benzene rings is 2. The zero-order chi connectivity index (χ0) is 19.7. The van der Waals surface area contributed by atoms with E-state index in [9.17, 15) is 0 Å². The Bertz CT molecular complexity index is 1470. The van der Waals surface area contributed by atoms with Crippen LogP contribution in [-0.2, 0) is 26.9 Å². The van der Waals surface area contributed by atoms with E-state index < -0.39 is 0 Å². The van der Waals surface area contributed by atoms with Gasteiger partial charge in [-0.15, -0.1) is 0 Å². The summed E-state index contributed by atoms with van der Waals surface area (Å²) in [5, 5.41) is 2.89. The molecule has 2 aromatic heterocycles. The summed E-state index contributed by atoms with van der Waals surface area (Å²) in [7, 11) is 4.52. The van der Waals surface area contributed by atoms with Crippen LogP contribution in [0.3, 0.4) is 0 Å². The first-order chi connectivity index (χ1) is 14.7. The minimum Gasteiger partial charge on any atom is -0.343 e. The molecule has 2 heteroatoms. The van der Waals surface area contributed by atoms with Crippen LogP contribution in [0.1, 0.15) is 35.4 Å². The number of allylic oxidation sites excluding steroid dienone is 6. The molecule has 4 aliphatic rings. The van der Waals surface area contributed by atoms with Crippen LogP contribution in [0.4, 0.5) is 0 Å². The molecule has 0 aliphatic heterocycles. The Labute approximate surface area is 175 Å². The van der Waals surface area contributed by atoms with E-state index in [4.69, 9.17) is 0 Å². The van der Waals surface area contributed by atoms with Gasteiger partial charge in [-0.05, 0) is 60.1 Å². The number of fused-ring (bicyclic) bond motifs is 10. The average molecular weight is 386 g/mol. The molecule has 4 aliphatic carbocycles. The fourth-order valence-electron chi connectivity index (χ4n) is 7.01. The van der Waals surface area contributed by atoms with Crippen molar-refractivity contribution in [1.29, 1.82) is 0 Å². The lowest BCUT2D eigenvalue weighted by Gasteiger charge is -2.11. The van der Waals surface area contributed by atoms with Gasteiger partial charge in [0.15, 0.2) is 0 Å². The molecule has 0 saturated carbocycles. The third-order valence-electron chi connectivity index (χ3n) is 8.13. The Balaban J connectivity index is 1.33. The molecule has 0 spiro atoms. The highest BCUT2D eigenvalue weighted by molar-refractivity contribution is 6.07. The normalized spacial score (nSPS) is 18.7. The van der Waals surface area contributed by atoms with E-state index in [0.717, 1.165) is 25.7 Å². The zero-order valence-electron chi connectivity index (χ0n) is 17.3. The van der Waals surface area contributed by atoms with Gasteiger partial charge in [0.25, 0.3) is 0 Å². The molecule has 0 atom stereocenters. The number of hydrogen-bond donors (Lipinski definition) is 0. The highest BCUT2D eigenvalue weighted by atomic mass is 15.0. The SMILES string of the molecule is Cn1c2c(c3ccccc31)CC1=C2C2=C(C1)C1=C(C2)Cc2c1n(C)c1ccccc21. The average Bonchev–Trinajstić information content (AvgIpc) is 3.54. The summed E-state index contributed by atoms with van der Waals surface area (Å²) in [5.74, 6) is 0. The van der Waals surface area contributed by atoms with Crippen molar-refractivity contribution in [3.8, 4) is 0 Å². The first-order valence-electron chi connectivity index (χ1n) is 11.0. The van der Waals surface area contributed by atoms with Crippen LogP contribution in [0, 0.1) is 0 Å². The standard InChI is InChI=1S/C28H22N2/c1-29-23-9-5-3-7-17(23)21-13-15-11-20-19(25(15)27(21)29)12-16-14-22-18-8-4-6-10-24(18)30(2)28(22)26(16)20/h3-10H,11-14H2,1-2H3. The quantitative estimate of drug-likeness (QED) is 0.346. The third-order valence-corrected chi connectivity index (χ3v) is 8.13. The molecule has 0 unspecified atom stereocenters. The maximum Gasteiger partial charge on any atom is 0.0527 e. The molecule has 2 heterocycles. The van der Waals surface area contributed by atoms with Crippen molar-refractivity contribution in [1.82, 2.24) is 9.13 Å². The summed E-state index contributed by atoms with van der Waals surface area (Å²) in [6.07, 6.45) is 4.55. The number of rotatable bonds is 0. The second-order valence-electron chi connectivity index (χ2n) is 9.43. The van der Waals surface area contributed by atoms with Crippen LogP contribution in [-0.4, -0.2) is 9.13 Å². The Morgan fingerprint density at radius 2 is 1.00 bits per heavy atom. The van der Waals surface area contributed by atoms with Gasteiger partial charge in [0.1, 0.15) is 0 Å². The fraction of sp³-hybridized carbons (Fsp3) is 0.214. The summed E-state index contributed by atoms with van der Waals surface area (Å²) < 4.78 is 4.91. The van der Waals surface area contributed by atoms with Gasteiger partial charge in [0.2, 0.25) is 0 Å². The monoisotopic (exact) mass is 386 g/mol. The smallest absolute Gasteiger partial charge is 0.0527 e. The van der Waals surface area contributed by atoms with Crippen LogP contribution >= 0.6 is 0 Å². The van der Waals surface area contributed by atoms with Gasteiger partial charge >= 0.3 is 0 Å². The van der Waals surface area contributed by atoms with E-state index in [1.807, 2.05) is 0 Å². The molecule has 0 amide bonds. The molecule has 0 N–H and O–H groups in total. The van der Waals surface area contributed by atoms with Gasteiger partial charge in [0.05, 0.1) is 11.4 Å². The second kappa shape index (κ2) is 4.89. The lowest BCUT2D eigenvalue weighted by atomic mass is 9.97. The zero-order valence-corrected chi connectivity index (χ0v) is 17.3. The van der Waals surface area contributed by atoms with Gasteiger partial charge in [-0.2, -0.15) is 0 Å². The Hall–Kier alpha value is -3.26. The molecule has 4 aromatic rings. The molecule has 0 radical (unpaired) electrons. The summed E-state index contributed by atoms with van der Waals surface area (Å²) in [6, 6.07) is 17.9. The Morgan fingerprint density at radius 3 is 1.47 bits per heavy atom. The van der Waals surface area contributed by atoms with E-state index in [1.165, 1.54) is 33.2 Å². The van der Waals surface area contributed by atoms with Gasteiger partial charge in [-0.25, -0.2) is 0 Å². The fourth-order valence-corrected chi connectivity index (χ4v) is 7.01. The molecule has 8 rings (SSSR count). The highest BCUT2D eigenvalue weighted by Crippen LogP contribution is 2.60. The number of para-hydroxylation sites is 2. The van der Waals surface area contributed by atoms with E-state index in [2.05, 4.69) is 71.8 Å². The van der Waals surface area contributed by atoms with E-state index >= 15 is 0 Å². The predicted octanol–water partition coefficient (Wildman–Crippen LogP) is 6.09. The van der Waals surface area contributed by atoms with E-state index in [-0.39, 0.29) is 0 Å².